The lowest BCUT2D eigenvalue weighted by Gasteiger charge is -2.23. The van der Waals surface area contributed by atoms with E-state index in [9.17, 15) is 9.59 Å². The third-order valence-corrected chi connectivity index (χ3v) is 11.9. The summed E-state index contributed by atoms with van der Waals surface area (Å²) >= 11 is 0. The van der Waals surface area contributed by atoms with Crippen molar-refractivity contribution < 1.29 is 19.1 Å². The van der Waals surface area contributed by atoms with Gasteiger partial charge in [-0.15, -0.1) is 0 Å². The molecule has 0 saturated heterocycles. The van der Waals surface area contributed by atoms with Crippen LogP contribution in [0, 0.1) is 0 Å². The monoisotopic (exact) mass is 820 g/mol. The van der Waals surface area contributed by atoms with Gasteiger partial charge in [-0.2, -0.15) is 0 Å². The highest BCUT2D eigenvalue weighted by Gasteiger charge is 2.15. The summed E-state index contributed by atoms with van der Waals surface area (Å²) in [4.78, 5) is 30.0. The SMILES string of the molecule is C=C(NCCCN(CCCCCCCC(=O)OC(CC)CCCCCCCC)CCCCCCCC(=O)OC(CCCCCCCC)CCCCCCCC)N(C)C. The van der Waals surface area contributed by atoms with E-state index in [0.29, 0.717) is 12.8 Å². The predicted octanol–water partition coefficient (Wildman–Crippen LogP) is 14.5. The molecule has 0 fully saturated rings. The average molecular weight is 820 g/mol. The third kappa shape index (κ3) is 38.4. The minimum absolute atomic E-state index is 0.000688. The average Bonchev–Trinajstić information content (AvgIpc) is 3.21. The lowest BCUT2D eigenvalue weighted by atomic mass is 10.0. The predicted molar refractivity (Wildman–Crippen MR) is 251 cm³/mol. The number of carbonyl (C=O) groups is 2. The molecule has 344 valence electrons. The van der Waals surface area contributed by atoms with Gasteiger partial charge in [0.05, 0.1) is 5.82 Å². The first kappa shape index (κ1) is 56.2. The molecule has 0 aromatic heterocycles. The minimum atomic E-state index is 0.000688. The zero-order valence-electron chi connectivity index (χ0n) is 40.0. The normalized spacial score (nSPS) is 12.0. The van der Waals surface area contributed by atoms with E-state index in [1.54, 1.807) is 0 Å². The highest BCUT2D eigenvalue weighted by molar-refractivity contribution is 5.69. The number of hydrogen-bond acceptors (Lipinski definition) is 7. The lowest BCUT2D eigenvalue weighted by Crippen LogP contribution is -2.31. The molecular formula is C51H101N3O4. The van der Waals surface area contributed by atoms with E-state index >= 15 is 0 Å². The molecule has 1 atom stereocenters. The largest absolute Gasteiger partial charge is 0.462 e. The number of esters is 2. The van der Waals surface area contributed by atoms with Gasteiger partial charge in [0.2, 0.25) is 0 Å². The Morgan fingerprint density at radius 3 is 1.22 bits per heavy atom. The molecule has 58 heavy (non-hydrogen) atoms. The molecule has 1 N–H and O–H groups in total. The molecule has 1 unspecified atom stereocenters. The number of nitrogens with zero attached hydrogens (tertiary/aromatic N) is 2. The second kappa shape index (κ2) is 43.3. The van der Waals surface area contributed by atoms with Gasteiger partial charge in [0, 0.05) is 33.5 Å². The van der Waals surface area contributed by atoms with Crippen LogP contribution in [0.3, 0.4) is 0 Å². The van der Waals surface area contributed by atoms with Crippen molar-refractivity contribution in [3.63, 3.8) is 0 Å². The molecule has 0 aromatic carbocycles. The molecule has 0 radical (unpaired) electrons. The van der Waals surface area contributed by atoms with Crippen LogP contribution >= 0.6 is 0 Å². The van der Waals surface area contributed by atoms with Gasteiger partial charge in [0.15, 0.2) is 0 Å². The molecule has 0 saturated carbocycles. The summed E-state index contributed by atoms with van der Waals surface area (Å²) < 4.78 is 11.9. The first-order valence-electron chi connectivity index (χ1n) is 25.5. The van der Waals surface area contributed by atoms with Crippen LogP contribution in [0.2, 0.25) is 0 Å². The number of nitrogens with one attached hydrogen (secondary N) is 1. The first-order chi connectivity index (χ1) is 28.3. The Morgan fingerprint density at radius 2 is 0.810 bits per heavy atom. The standard InChI is InChI=1S/C51H101N3O4/c1-8-12-15-18-23-30-38-48(11-4)57-50(55)41-33-26-21-28-35-44-54(46-37-43-52-47(5)53(6)7)45-36-29-22-27-34-42-51(56)58-49(39-31-24-19-16-13-9-2)40-32-25-20-17-14-10-3/h48-49,52H,5,8-46H2,1-4,6-7H3. The van der Waals surface area contributed by atoms with Gasteiger partial charge in [0.25, 0.3) is 0 Å². The molecule has 0 aromatic rings. The maximum absolute atomic E-state index is 12.8. The van der Waals surface area contributed by atoms with Gasteiger partial charge in [-0.25, -0.2) is 0 Å². The Labute approximate surface area is 362 Å². The Hall–Kier alpha value is -1.76. The number of unbranched alkanes of at least 4 members (excludes halogenated alkanes) is 23. The molecular weight excluding hydrogens is 719 g/mol. The number of rotatable bonds is 46. The number of hydrogen-bond donors (Lipinski definition) is 1. The molecule has 7 nitrogen and oxygen atoms in total. The van der Waals surface area contributed by atoms with Crippen LogP contribution in [0.1, 0.15) is 252 Å². The van der Waals surface area contributed by atoms with E-state index in [4.69, 9.17) is 9.47 Å². The molecule has 0 heterocycles. The highest BCUT2D eigenvalue weighted by atomic mass is 16.5. The number of carbonyl (C=O) groups excluding carboxylic acids is 2. The quantitative estimate of drug-likeness (QED) is 0.0484. The molecule has 0 bridgehead atoms. The van der Waals surface area contributed by atoms with Crippen LogP contribution in [0.15, 0.2) is 12.4 Å². The topological polar surface area (TPSA) is 71.1 Å². The van der Waals surface area contributed by atoms with Gasteiger partial charge in [-0.3, -0.25) is 9.59 Å². The van der Waals surface area contributed by atoms with Crippen LogP contribution in [-0.2, 0) is 19.1 Å². The smallest absolute Gasteiger partial charge is 0.306 e. The van der Waals surface area contributed by atoms with Crippen molar-refractivity contribution in [1.82, 2.24) is 15.1 Å². The Bertz CT molecular complexity index is 896. The first-order valence-corrected chi connectivity index (χ1v) is 25.5. The van der Waals surface area contributed by atoms with Crippen molar-refractivity contribution in [2.75, 3.05) is 40.3 Å². The fraction of sp³-hybridized carbons (Fsp3) is 0.922. The molecule has 7 heteroatoms. The van der Waals surface area contributed by atoms with Crippen LogP contribution < -0.4 is 5.32 Å². The van der Waals surface area contributed by atoms with E-state index in [0.717, 1.165) is 89.8 Å². The summed E-state index contributed by atoms with van der Waals surface area (Å²) in [5, 5.41) is 3.45. The Morgan fingerprint density at radius 1 is 0.466 bits per heavy atom. The van der Waals surface area contributed by atoms with E-state index < -0.39 is 0 Å². The van der Waals surface area contributed by atoms with E-state index in [1.807, 2.05) is 19.0 Å². The Balaban J connectivity index is 4.45. The molecule has 0 aliphatic rings. The van der Waals surface area contributed by atoms with Gasteiger partial charge < -0.3 is 24.6 Å². The highest BCUT2D eigenvalue weighted by Crippen LogP contribution is 2.19. The maximum Gasteiger partial charge on any atom is 0.306 e. The van der Waals surface area contributed by atoms with Gasteiger partial charge in [-0.1, -0.05) is 169 Å². The van der Waals surface area contributed by atoms with Crippen molar-refractivity contribution in [3.8, 4) is 0 Å². The van der Waals surface area contributed by atoms with E-state index in [-0.39, 0.29) is 24.1 Å². The van der Waals surface area contributed by atoms with Crippen molar-refractivity contribution in [3.05, 3.63) is 12.4 Å². The molecule has 0 aliphatic heterocycles. The van der Waals surface area contributed by atoms with Crippen molar-refractivity contribution in [1.29, 1.82) is 0 Å². The summed E-state index contributed by atoms with van der Waals surface area (Å²) in [5.41, 5.74) is 0. The fourth-order valence-electron chi connectivity index (χ4n) is 7.85. The summed E-state index contributed by atoms with van der Waals surface area (Å²) in [7, 11) is 4.05. The van der Waals surface area contributed by atoms with Crippen LogP contribution in [0.5, 0.6) is 0 Å². The molecule has 0 rings (SSSR count). The minimum Gasteiger partial charge on any atom is -0.462 e. The van der Waals surface area contributed by atoms with E-state index in [1.165, 1.54) is 154 Å². The van der Waals surface area contributed by atoms with Crippen molar-refractivity contribution in [2.24, 2.45) is 0 Å². The van der Waals surface area contributed by atoms with Crippen molar-refractivity contribution in [2.45, 2.75) is 265 Å². The van der Waals surface area contributed by atoms with Gasteiger partial charge >= 0.3 is 11.9 Å². The zero-order valence-corrected chi connectivity index (χ0v) is 40.0. The summed E-state index contributed by atoms with van der Waals surface area (Å²) in [6.45, 7) is 17.4. The third-order valence-electron chi connectivity index (χ3n) is 11.9. The zero-order chi connectivity index (χ0) is 42.7. The second-order valence-corrected chi connectivity index (χ2v) is 17.8. The second-order valence-electron chi connectivity index (χ2n) is 17.8. The summed E-state index contributed by atoms with van der Waals surface area (Å²) in [6.07, 6.45) is 40.9. The van der Waals surface area contributed by atoms with Crippen molar-refractivity contribution >= 4 is 11.9 Å². The van der Waals surface area contributed by atoms with E-state index in [2.05, 4.69) is 44.5 Å². The number of ether oxygens (including phenoxy) is 2. The fourth-order valence-corrected chi connectivity index (χ4v) is 7.85. The molecule has 0 aliphatic carbocycles. The lowest BCUT2D eigenvalue weighted by molar-refractivity contribution is -0.150. The summed E-state index contributed by atoms with van der Waals surface area (Å²) in [6, 6.07) is 0. The van der Waals surface area contributed by atoms with Gasteiger partial charge in [0.1, 0.15) is 12.2 Å². The molecule has 0 spiro atoms. The molecule has 0 amide bonds. The maximum atomic E-state index is 12.8. The van der Waals surface area contributed by atoms with Gasteiger partial charge in [-0.05, 0) is 96.7 Å². The Kier molecular flexibility index (Phi) is 42.0. The van der Waals surface area contributed by atoms with Crippen LogP contribution in [0.25, 0.3) is 0 Å². The van der Waals surface area contributed by atoms with Crippen LogP contribution in [0.4, 0.5) is 0 Å². The van der Waals surface area contributed by atoms with Crippen LogP contribution in [-0.4, -0.2) is 74.2 Å². The summed E-state index contributed by atoms with van der Waals surface area (Å²) in [5.74, 6) is 0.997.